The lowest BCUT2D eigenvalue weighted by atomic mass is 10.1. The Bertz CT molecular complexity index is 535. The molecule has 0 amide bonds. The molecule has 1 aliphatic rings. The molecule has 124 valence electrons. The van der Waals surface area contributed by atoms with Crippen LogP contribution in [0.5, 0.6) is 0 Å². The summed E-state index contributed by atoms with van der Waals surface area (Å²) in [4.78, 5) is 2.40. The molecule has 1 N–H and O–H groups in total. The van der Waals surface area contributed by atoms with Gasteiger partial charge in [0.15, 0.2) is 0 Å². The van der Waals surface area contributed by atoms with Crippen molar-refractivity contribution < 1.29 is 8.42 Å². The maximum absolute atomic E-state index is 12.2. The van der Waals surface area contributed by atoms with Crippen LogP contribution >= 0.6 is 0 Å². The zero-order valence-electron chi connectivity index (χ0n) is 13.7. The SMILES string of the molecule is CC(C)N1CCC(NS(=O)(=O)CCCc2ccccc2)CC1. The minimum atomic E-state index is -3.16. The van der Waals surface area contributed by atoms with Crippen LogP contribution in [0.2, 0.25) is 0 Å². The maximum atomic E-state index is 12.2. The van der Waals surface area contributed by atoms with Crippen molar-refractivity contribution >= 4 is 10.0 Å². The number of sulfonamides is 1. The fourth-order valence-electron chi connectivity index (χ4n) is 2.96. The van der Waals surface area contributed by atoms with E-state index in [4.69, 9.17) is 0 Å². The minimum Gasteiger partial charge on any atom is -0.301 e. The number of nitrogens with zero attached hydrogens (tertiary/aromatic N) is 1. The molecule has 0 saturated carbocycles. The summed E-state index contributed by atoms with van der Waals surface area (Å²) in [6, 6.07) is 10.7. The lowest BCUT2D eigenvalue weighted by Gasteiger charge is -2.34. The summed E-state index contributed by atoms with van der Waals surface area (Å²) in [5.41, 5.74) is 1.20. The predicted octanol–water partition coefficient (Wildman–Crippen LogP) is 2.41. The molecular formula is C17H28N2O2S. The standard InChI is InChI=1S/C17H28N2O2S/c1-15(2)19-12-10-17(11-13-19)18-22(20,21)14-6-9-16-7-4-3-5-8-16/h3-5,7-8,15,17-18H,6,9-14H2,1-2H3. The molecule has 1 heterocycles. The van der Waals surface area contributed by atoms with Crippen molar-refractivity contribution in [2.24, 2.45) is 0 Å². The Morgan fingerprint density at radius 3 is 2.41 bits per heavy atom. The molecule has 1 aromatic carbocycles. The van der Waals surface area contributed by atoms with Crippen LogP contribution in [0.4, 0.5) is 0 Å². The van der Waals surface area contributed by atoms with Crippen LogP contribution < -0.4 is 4.72 Å². The molecule has 4 nitrogen and oxygen atoms in total. The molecule has 22 heavy (non-hydrogen) atoms. The van der Waals surface area contributed by atoms with Gasteiger partial charge >= 0.3 is 0 Å². The molecular weight excluding hydrogens is 296 g/mol. The van der Waals surface area contributed by atoms with Crippen LogP contribution in [0.1, 0.15) is 38.7 Å². The Hall–Kier alpha value is -0.910. The van der Waals surface area contributed by atoms with Gasteiger partial charge in [-0.2, -0.15) is 0 Å². The van der Waals surface area contributed by atoms with E-state index in [0.717, 1.165) is 32.4 Å². The number of likely N-dealkylation sites (tertiary alicyclic amines) is 1. The predicted molar refractivity (Wildman–Crippen MR) is 91.4 cm³/mol. The van der Waals surface area contributed by atoms with E-state index in [2.05, 4.69) is 23.5 Å². The summed E-state index contributed by atoms with van der Waals surface area (Å²) in [5, 5.41) is 0. The van der Waals surface area contributed by atoms with Gasteiger partial charge in [-0.25, -0.2) is 13.1 Å². The fourth-order valence-corrected chi connectivity index (χ4v) is 4.34. The van der Waals surface area contributed by atoms with Gasteiger partial charge in [0.25, 0.3) is 0 Å². The summed E-state index contributed by atoms with van der Waals surface area (Å²) in [5.74, 6) is 0.215. The highest BCUT2D eigenvalue weighted by atomic mass is 32.2. The van der Waals surface area contributed by atoms with Crippen molar-refractivity contribution in [3.8, 4) is 0 Å². The zero-order chi connectivity index (χ0) is 16.0. The molecule has 1 fully saturated rings. The second-order valence-electron chi connectivity index (χ2n) is 6.43. The Balaban J connectivity index is 1.72. The van der Waals surface area contributed by atoms with E-state index in [9.17, 15) is 8.42 Å². The smallest absolute Gasteiger partial charge is 0.211 e. The average Bonchev–Trinajstić information content (AvgIpc) is 2.48. The van der Waals surface area contributed by atoms with Crippen LogP contribution in [0.25, 0.3) is 0 Å². The van der Waals surface area contributed by atoms with Gasteiger partial charge in [-0.05, 0) is 58.2 Å². The van der Waals surface area contributed by atoms with E-state index in [0.29, 0.717) is 12.5 Å². The van der Waals surface area contributed by atoms with Crippen LogP contribution in [0.15, 0.2) is 30.3 Å². The molecule has 5 heteroatoms. The lowest BCUT2D eigenvalue weighted by molar-refractivity contribution is 0.168. The molecule has 0 aromatic heterocycles. The molecule has 2 rings (SSSR count). The van der Waals surface area contributed by atoms with Crippen LogP contribution in [0, 0.1) is 0 Å². The molecule has 0 atom stereocenters. The van der Waals surface area contributed by atoms with Crippen molar-refractivity contribution in [1.29, 1.82) is 0 Å². The maximum Gasteiger partial charge on any atom is 0.211 e. The first-order valence-corrected chi connectivity index (χ1v) is 9.89. The minimum absolute atomic E-state index is 0.108. The van der Waals surface area contributed by atoms with E-state index in [1.54, 1.807) is 0 Å². The van der Waals surface area contributed by atoms with E-state index < -0.39 is 10.0 Å². The molecule has 0 radical (unpaired) electrons. The van der Waals surface area contributed by atoms with Gasteiger partial charge in [0.05, 0.1) is 5.75 Å². The zero-order valence-corrected chi connectivity index (χ0v) is 14.5. The highest BCUT2D eigenvalue weighted by Gasteiger charge is 2.24. The number of aryl methyl sites for hydroxylation is 1. The largest absolute Gasteiger partial charge is 0.301 e. The summed E-state index contributed by atoms with van der Waals surface area (Å²) in [6.45, 7) is 6.34. The second-order valence-corrected chi connectivity index (χ2v) is 8.30. The van der Waals surface area contributed by atoms with Crippen molar-refractivity contribution in [3.63, 3.8) is 0 Å². The third-order valence-electron chi connectivity index (χ3n) is 4.33. The van der Waals surface area contributed by atoms with Crippen molar-refractivity contribution in [3.05, 3.63) is 35.9 Å². The van der Waals surface area contributed by atoms with Gasteiger partial charge < -0.3 is 4.90 Å². The Morgan fingerprint density at radius 2 is 1.82 bits per heavy atom. The summed E-state index contributed by atoms with van der Waals surface area (Å²) >= 11 is 0. The van der Waals surface area contributed by atoms with Crippen molar-refractivity contribution in [1.82, 2.24) is 9.62 Å². The average molecular weight is 324 g/mol. The molecule has 0 spiro atoms. The molecule has 0 bridgehead atoms. The molecule has 0 aliphatic carbocycles. The topological polar surface area (TPSA) is 49.4 Å². The lowest BCUT2D eigenvalue weighted by Crippen LogP contribution is -2.47. The number of benzene rings is 1. The van der Waals surface area contributed by atoms with E-state index in [-0.39, 0.29) is 11.8 Å². The third-order valence-corrected chi connectivity index (χ3v) is 5.85. The van der Waals surface area contributed by atoms with Gasteiger partial charge in [0, 0.05) is 12.1 Å². The van der Waals surface area contributed by atoms with Gasteiger partial charge in [0.1, 0.15) is 0 Å². The van der Waals surface area contributed by atoms with Gasteiger partial charge in [0.2, 0.25) is 10.0 Å². The van der Waals surface area contributed by atoms with Gasteiger partial charge in [-0.3, -0.25) is 0 Å². The Labute approximate surface area is 135 Å². The quantitative estimate of drug-likeness (QED) is 0.838. The second kappa shape index (κ2) is 8.09. The van der Waals surface area contributed by atoms with E-state index >= 15 is 0 Å². The molecule has 1 aliphatic heterocycles. The number of nitrogens with one attached hydrogen (secondary N) is 1. The summed E-state index contributed by atoms with van der Waals surface area (Å²) < 4.78 is 27.2. The molecule has 1 saturated heterocycles. The highest BCUT2D eigenvalue weighted by molar-refractivity contribution is 7.89. The Kier molecular flexibility index (Phi) is 6.41. The van der Waals surface area contributed by atoms with Crippen LogP contribution in [-0.2, 0) is 16.4 Å². The summed E-state index contributed by atoms with van der Waals surface area (Å²) in [7, 11) is -3.16. The first kappa shape index (κ1) is 17.4. The van der Waals surface area contributed by atoms with Crippen LogP contribution in [-0.4, -0.2) is 44.2 Å². The van der Waals surface area contributed by atoms with E-state index in [1.165, 1.54) is 5.56 Å². The van der Waals surface area contributed by atoms with Crippen LogP contribution in [0.3, 0.4) is 0 Å². The van der Waals surface area contributed by atoms with E-state index in [1.807, 2.05) is 30.3 Å². The monoisotopic (exact) mass is 324 g/mol. The number of hydrogen-bond donors (Lipinski definition) is 1. The van der Waals surface area contributed by atoms with Crippen molar-refractivity contribution in [2.45, 2.75) is 51.6 Å². The number of piperidine rings is 1. The molecule has 0 unspecified atom stereocenters. The number of rotatable bonds is 7. The highest BCUT2D eigenvalue weighted by Crippen LogP contribution is 2.14. The first-order chi connectivity index (χ1) is 10.5. The normalized spacial score (nSPS) is 18.0. The van der Waals surface area contributed by atoms with Gasteiger partial charge in [-0.1, -0.05) is 30.3 Å². The van der Waals surface area contributed by atoms with Gasteiger partial charge in [-0.15, -0.1) is 0 Å². The molecule has 1 aromatic rings. The van der Waals surface area contributed by atoms with Crippen molar-refractivity contribution in [2.75, 3.05) is 18.8 Å². The third kappa shape index (κ3) is 5.71. The first-order valence-electron chi connectivity index (χ1n) is 8.24. The fraction of sp³-hybridized carbons (Fsp3) is 0.647. The summed E-state index contributed by atoms with van der Waals surface area (Å²) in [6.07, 6.45) is 3.31. The Morgan fingerprint density at radius 1 is 1.18 bits per heavy atom. The number of hydrogen-bond acceptors (Lipinski definition) is 3.